The fourth-order valence-electron chi connectivity index (χ4n) is 5.53. The molecule has 1 saturated heterocycles. The van der Waals surface area contributed by atoms with Crippen molar-refractivity contribution >= 4 is 44.1 Å². The van der Waals surface area contributed by atoms with E-state index in [0.29, 0.717) is 35.0 Å². The molecule has 0 aliphatic carbocycles. The molecule has 2 aliphatic heterocycles. The number of ether oxygens (including phenoxy) is 2. The third-order valence-corrected chi connectivity index (χ3v) is 8.29. The second-order valence-electron chi connectivity index (χ2n) is 10.5. The van der Waals surface area contributed by atoms with Gasteiger partial charge < -0.3 is 14.6 Å². The van der Waals surface area contributed by atoms with Crippen LogP contribution < -0.4 is 14.4 Å². The van der Waals surface area contributed by atoms with Crippen molar-refractivity contribution in [3.63, 3.8) is 0 Å². The van der Waals surface area contributed by atoms with Crippen molar-refractivity contribution in [1.82, 2.24) is 4.98 Å². The summed E-state index contributed by atoms with van der Waals surface area (Å²) in [4.78, 5) is 33.6. The molecule has 4 aromatic rings. The average molecular weight is 555 g/mol. The Balaban J connectivity index is 1.53. The van der Waals surface area contributed by atoms with Crippen LogP contribution in [0, 0.1) is 13.8 Å². The molecule has 0 saturated carbocycles. The summed E-state index contributed by atoms with van der Waals surface area (Å²) >= 11 is 1.36. The van der Waals surface area contributed by atoms with E-state index in [9.17, 15) is 14.7 Å². The van der Waals surface area contributed by atoms with Crippen LogP contribution in [0.3, 0.4) is 0 Å². The minimum atomic E-state index is -0.879. The lowest BCUT2D eigenvalue weighted by atomic mass is 9.94. The van der Waals surface area contributed by atoms with Crippen LogP contribution in [0.5, 0.6) is 11.5 Å². The summed E-state index contributed by atoms with van der Waals surface area (Å²) < 4.78 is 12.6. The van der Waals surface area contributed by atoms with Crippen molar-refractivity contribution in [1.29, 1.82) is 0 Å². The van der Waals surface area contributed by atoms with Crippen LogP contribution in [-0.2, 0) is 16.0 Å². The van der Waals surface area contributed by atoms with E-state index in [-0.39, 0.29) is 17.4 Å². The van der Waals surface area contributed by atoms with Gasteiger partial charge in [0, 0.05) is 12.0 Å². The number of amides is 1. The van der Waals surface area contributed by atoms with Crippen LogP contribution in [0.15, 0.2) is 60.2 Å². The molecular formula is C32H30N2O5S. The van der Waals surface area contributed by atoms with Crippen LogP contribution in [0.2, 0.25) is 0 Å². The Morgan fingerprint density at radius 3 is 2.77 bits per heavy atom. The predicted octanol–water partition coefficient (Wildman–Crippen LogP) is 6.65. The average Bonchev–Trinajstić information content (AvgIpc) is 3.59. The quantitative estimate of drug-likeness (QED) is 0.163. The Labute approximate surface area is 236 Å². The van der Waals surface area contributed by atoms with E-state index in [0.717, 1.165) is 39.1 Å². The zero-order valence-electron chi connectivity index (χ0n) is 22.9. The Kier molecular flexibility index (Phi) is 6.58. The summed E-state index contributed by atoms with van der Waals surface area (Å²) in [5.41, 5.74) is 4.97. The van der Waals surface area contributed by atoms with Gasteiger partial charge in [-0.25, -0.2) is 4.98 Å². The first kappa shape index (κ1) is 26.1. The lowest BCUT2D eigenvalue weighted by Crippen LogP contribution is -2.29. The highest BCUT2D eigenvalue weighted by atomic mass is 32.1. The Hall–Kier alpha value is -4.17. The molecule has 0 bridgehead atoms. The Bertz CT molecular complexity index is 1700. The number of fused-ring (bicyclic) bond motifs is 2. The molecule has 1 fully saturated rings. The number of carbonyl (C=O) groups excluding carboxylic acids is 2. The molecule has 2 aliphatic rings. The van der Waals surface area contributed by atoms with Gasteiger partial charge in [-0.3, -0.25) is 14.5 Å². The van der Waals surface area contributed by atoms with E-state index in [1.807, 2.05) is 70.2 Å². The number of aliphatic hydroxyl groups is 1. The highest BCUT2D eigenvalue weighted by molar-refractivity contribution is 7.22. The maximum Gasteiger partial charge on any atom is 0.301 e. The molecule has 3 aromatic carbocycles. The molecule has 204 valence electrons. The van der Waals surface area contributed by atoms with Gasteiger partial charge >= 0.3 is 5.91 Å². The van der Waals surface area contributed by atoms with Gasteiger partial charge in [0.05, 0.1) is 28.4 Å². The van der Waals surface area contributed by atoms with Gasteiger partial charge in [-0.2, -0.15) is 0 Å². The molecule has 0 spiro atoms. The summed E-state index contributed by atoms with van der Waals surface area (Å²) in [6.45, 7) is 8.55. The van der Waals surface area contributed by atoms with Crippen molar-refractivity contribution in [3.8, 4) is 11.5 Å². The van der Waals surface area contributed by atoms with E-state index in [2.05, 4.69) is 0 Å². The molecule has 1 amide bonds. The first-order valence-electron chi connectivity index (χ1n) is 13.5. The largest absolute Gasteiger partial charge is 0.507 e. The maximum atomic E-state index is 13.7. The first-order valence-corrected chi connectivity index (χ1v) is 14.3. The number of hydrogen-bond donors (Lipinski definition) is 1. The van der Waals surface area contributed by atoms with Crippen LogP contribution >= 0.6 is 11.3 Å². The summed E-state index contributed by atoms with van der Waals surface area (Å²) in [6.07, 6.45) is 1.58. The number of Topliss-reactive ketones (excluding diaryl/α,β-unsaturated/α-hetero) is 1. The molecule has 1 N–H and O–H groups in total. The van der Waals surface area contributed by atoms with Gasteiger partial charge in [-0.05, 0) is 85.8 Å². The monoisotopic (exact) mass is 554 g/mol. The third-order valence-electron chi connectivity index (χ3n) is 7.29. The number of aromatic nitrogens is 1. The Morgan fingerprint density at radius 1 is 1.15 bits per heavy atom. The molecule has 1 aromatic heterocycles. The van der Waals surface area contributed by atoms with Gasteiger partial charge in [0.25, 0.3) is 5.78 Å². The maximum absolute atomic E-state index is 13.7. The SMILES string of the molecule is CCCOc1cccc(C2/C(=C(/O)c3ccc4c(c3)CC(C)O4)C(=O)C(=O)N2c2nc3c(C)cc(C)cc3s2)c1. The molecule has 2 unspecified atom stereocenters. The number of aryl methyl sites for hydroxylation is 2. The number of carbonyl (C=O) groups is 2. The number of aliphatic hydroxyl groups excluding tert-OH is 1. The number of benzene rings is 3. The molecule has 40 heavy (non-hydrogen) atoms. The number of rotatable bonds is 6. The molecule has 7 nitrogen and oxygen atoms in total. The summed E-state index contributed by atoms with van der Waals surface area (Å²) in [6, 6.07) is 15.9. The van der Waals surface area contributed by atoms with Gasteiger partial charge in [-0.1, -0.05) is 36.5 Å². The van der Waals surface area contributed by atoms with Crippen LogP contribution in [-0.4, -0.2) is 34.5 Å². The second-order valence-corrected chi connectivity index (χ2v) is 11.5. The highest BCUT2D eigenvalue weighted by Crippen LogP contribution is 2.45. The zero-order chi connectivity index (χ0) is 28.1. The summed E-state index contributed by atoms with van der Waals surface area (Å²) in [5, 5.41) is 12.0. The minimum Gasteiger partial charge on any atom is -0.507 e. The lowest BCUT2D eigenvalue weighted by molar-refractivity contribution is -0.132. The minimum absolute atomic E-state index is 0.0247. The lowest BCUT2D eigenvalue weighted by Gasteiger charge is -2.23. The van der Waals surface area contributed by atoms with Gasteiger partial charge in [0.2, 0.25) is 0 Å². The highest BCUT2D eigenvalue weighted by Gasteiger charge is 2.48. The topological polar surface area (TPSA) is 89.0 Å². The predicted molar refractivity (Wildman–Crippen MR) is 156 cm³/mol. The van der Waals surface area contributed by atoms with Gasteiger partial charge in [-0.15, -0.1) is 0 Å². The molecule has 2 atom stereocenters. The van der Waals surface area contributed by atoms with E-state index in [1.54, 1.807) is 12.1 Å². The van der Waals surface area contributed by atoms with Crippen molar-refractivity contribution < 1.29 is 24.2 Å². The zero-order valence-corrected chi connectivity index (χ0v) is 23.7. The normalized spacial score (nSPS) is 19.8. The van der Waals surface area contributed by atoms with Crippen LogP contribution in [0.25, 0.3) is 16.0 Å². The van der Waals surface area contributed by atoms with Crippen molar-refractivity contribution in [2.75, 3.05) is 11.5 Å². The number of ketones is 1. The number of anilines is 1. The number of thiazole rings is 1. The van der Waals surface area contributed by atoms with E-state index in [4.69, 9.17) is 14.5 Å². The first-order chi connectivity index (χ1) is 19.2. The number of nitrogens with zero attached hydrogens (tertiary/aromatic N) is 2. The summed E-state index contributed by atoms with van der Waals surface area (Å²) in [5.74, 6) is -0.301. The molecular weight excluding hydrogens is 524 g/mol. The molecule has 0 radical (unpaired) electrons. The Morgan fingerprint density at radius 2 is 1.98 bits per heavy atom. The van der Waals surface area contributed by atoms with Crippen molar-refractivity contribution in [3.05, 3.63) is 88.0 Å². The molecule has 3 heterocycles. The fourth-order valence-corrected chi connectivity index (χ4v) is 6.69. The van der Waals surface area contributed by atoms with E-state index >= 15 is 0 Å². The van der Waals surface area contributed by atoms with Gasteiger partial charge in [0.15, 0.2) is 5.13 Å². The second kappa shape index (κ2) is 10.1. The standard InChI is InChI=1S/C32H30N2O5S/c1-5-11-38-23-8-6-7-20(16-23)28-26(29(35)21-9-10-24-22(15-21)14-19(4)39-24)30(36)31(37)34(28)32-33-27-18(3)12-17(2)13-25(27)40-32/h6-10,12-13,15-16,19,28,35H,5,11,14H2,1-4H3/b29-26-. The van der Waals surface area contributed by atoms with Crippen molar-refractivity contribution in [2.24, 2.45) is 0 Å². The van der Waals surface area contributed by atoms with E-state index < -0.39 is 17.7 Å². The molecule has 6 rings (SSSR count). The van der Waals surface area contributed by atoms with Crippen LogP contribution in [0.4, 0.5) is 5.13 Å². The molecule has 8 heteroatoms. The van der Waals surface area contributed by atoms with Crippen LogP contribution in [0.1, 0.15) is 54.1 Å². The number of hydrogen-bond acceptors (Lipinski definition) is 7. The summed E-state index contributed by atoms with van der Waals surface area (Å²) in [7, 11) is 0. The van der Waals surface area contributed by atoms with E-state index in [1.165, 1.54) is 16.2 Å². The van der Waals surface area contributed by atoms with Gasteiger partial charge in [0.1, 0.15) is 23.4 Å². The van der Waals surface area contributed by atoms with Crippen molar-refractivity contribution in [2.45, 2.75) is 52.7 Å². The third kappa shape index (κ3) is 4.42. The smallest absolute Gasteiger partial charge is 0.301 e. The fraction of sp³-hybridized carbons (Fsp3) is 0.281.